The second-order valence-electron chi connectivity index (χ2n) is 7.46. The molecule has 0 fully saturated rings. The highest BCUT2D eigenvalue weighted by Gasteiger charge is 2.25. The predicted octanol–water partition coefficient (Wildman–Crippen LogP) is 2.51. The number of hydrogen-bond donors (Lipinski definition) is 1. The van der Waals surface area contributed by atoms with Gasteiger partial charge in [-0.2, -0.15) is 0 Å². The molecule has 8 heteroatoms. The van der Waals surface area contributed by atoms with Crippen LogP contribution in [0.4, 0.5) is 0 Å². The zero-order valence-corrected chi connectivity index (χ0v) is 17.8. The van der Waals surface area contributed by atoms with Crippen molar-refractivity contribution in [2.45, 2.75) is 46.2 Å². The van der Waals surface area contributed by atoms with Gasteiger partial charge in [-0.1, -0.05) is 5.16 Å². The van der Waals surface area contributed by atoms with Gasteiger partial charge in [-0.05, 0) is 32.3 Å². The van der Waals surface area contributed by atoms with Gasteiger partial charge >= 0.3 is 0 Å². The maximum atomic E-state index is 12.5. The molecule has 3 rings (SSSR count). The van der Waals surface area contributed by atoms with Gasteiger partial charge in [0.25, 0.3) is 5.91 Å². The normalized spacial score (nSPS) is 14.0. The quantitative estimate of drug-likeness (QED) is 0.718. The van der Waals surface area contributed by atoms with Crippen LogP contribution < -0.4 is 5.32 Å². The summed E-state index contributed by atoms with van der Waals surface area (Å²) < 4.78 is 5.27. The van der Waals surface area contributed by atoms with E-state index in [1.54, 1.807) is 30.3 Å². The minimum Gasteiger partial charge on any atom is -0.361 e. The van der Waals surface area contributed by atoms with Crippen LogP contribution in [0.5, 0.6) is 0 Å². The first-order valence-corrected chi connectivity index (χ1v) is 10.5. The number of rotatable bonds is 7. The number of fused-ring (bicyclic) bond motifs is 1. The molecule has 152 valence electrons. The highest BCUT2D eigenvalue weighted by molar-refractivity contribution is 7.10. The van der Waals surface area contributed by atoms with E-state index in [9.17, 15) is 9.59 Å². The van der Waals surface area contributed by atoms with Crippen LogP contribution in [0.1, 0.15) is 50.7 Å². The number of amides is 2. The lowest BCUT2D eigenvalue weighted by Crippen LogP contribution is -2.31. The van der Waals surface area contributed by atoms with Gasteiger partial charge < -0.3 is 14.7 Å². The number of thiophene rings is 1. The van der Waals surface area contributed by atoms with E-state index < -0.39 is 0 Å². The van der Waals surface area contributed by atoms with Gasteiger partial charge in [0.2, 0.25) is 5.91 Å². The molecule has 2 aromatic heterocycles. The van der Waals surface area contributed by atoms with Crippen LogP contribution in [0.2, 0.25) is 0 Å². The van der Waals surface area contributed by atoms with Gasteiger partial charge in [-0.15, -0.1) is 11.3 Å². The Balaban J connectivity index is 1.54. The van der Waals surface area contributed by atoms with Gasteiger partial charge in [-0.3, -0.25) is 14.5 Å². The molecule has 0 atom stereocenters. The molecule has 0 unspecified atom stereocenters. The number of carbonyl (C=O) groups excluding carboxylic acids is 2. The molecule has 0 spiro atoms. The summed E-state index contributed by atoms with van der Waals surface area (Å²) in [7, 11) is 3.49. The summed E-state index contributed by atoms with van der Waals surface area (Å²) in [5, 5.41) is 8.95. The molecule has 1 aliphatic rings. The van der Waals surface area contributed by atoms with Crippen LogP contribution in [-0.4, -0.2) is 54.0 Å². The molecule has 0 aliphatic carbocycles. The van der Waals surface area contributed by atoms with Gasteiger partial charge in [0, 0.05) is 62.5 Å². The fraction of sp³-hybridized carbons (Fsp3) is 0.550. The lowest BCUT2D eigenvalue weighted by atomic mass is 10.0. The Labute approximate surface area is 169 Å². The van der Waals surface area contributed by atoms with Crippen molar-refractivity contribution >= 4 is 23.2 Å². The van der Waals surface area contributed by atoms with E-state index in [2.05, 4.69) is 15.4 Å². The largest absolute Gasteiger partial charge is 0.361 e. The van der Waals surface area contributed by atoms with Gasteiger partial charge in [0.05, 0.1) is 11.3 Å². The number of aryl methyl sites for hydroxylation is 2. The second-order valence-corrected chi connectivity index (χ2v) is 8.43. The first-order chi connectivity index (χ1) is 13.4. The summed E-state index contributed by atoms with van der Waals surface area (Å²) in [5.41, 5.74) is 4.06. The van der Waals surface area contributed by atoms with Crippen LogP contribution in [0.15, 0.2) is 9.90 Å². The van der Waals surface area contributed by atoms with Gasteiger partial charge in [0.1, 0.15) is 5.76 Å². The lowest BCUT2D eigenvalue weighted by molar-refractivity contribution is -0.128. The van der Waals surface area contributed by atoms with Crippen molar-refractivity contribution in [2.75, 3.05) is 27.2 Å². The first-order valence-electron chi connectivity index (χ1n) is 9.58. The lowest BCUT2D eigenvalue weighted by Gasteiger charge is -2.27. The number of aromatic nitrogens is 1. The van der Waals surface area contributed by atoms with Crippen molar-refractivity contribution < 1.29 is 14.1 Å². The summed E-state index contributed by atoms with van der Waals surface area (Å²) in [4.78, 5) is 29.3. The predicted molar refractivity (Wildman–Crippen MR) is 108 cm³/mol. The summed E-state index contributed by atoms with van der Waals surface area (Å²) >= 11 is 1.65. The highest BCUT2D eigenvalue weighted by atomic mass is 32.1. The summed E-state index contributed by atoms with van der Waals surface area (Å²) in [6.45, 7) is 7.01. The standard InChI is InChI=1S/C20H28N4O3S/c1-13-16(14(2)27-22-13)10-24-9-7-15-17(12-28-18(15)11-24)20(26)21-8-5-6-19(25)23(3)4/h12H,5-11H2,1-4H3,(H,21,26). The first kappa shape index (κ1) is 20.5. The van der Waals surface area contributed by atoms with Crippen molar-refractivity contribution in [3.63, 3.8) is 0 Å². The Kier molecular flexibility index (Phi) is 6.51. The molecule has 1 aliphatic heterocycles. The van der Waals surface area contributed by atoms with Crippen molar-refractivity contribution in [3.05, 3.63) is 38.4 Å². The van der Waals surface area contributed by atoms with E-state index in [1.165, 1.54) is 10.4 Å². The third-order valence-corrected chi connectivity index (χ3v) is 6.20. The summed E-state index contributed by atoms with van der Waals surface area (Å²) in [6.07, 6.45) is 1.97. The van der Waals surface area contributed by atoms with Crippen molar-refractivity contribution in [1.29, 1.82) is 0 Å². The maximum Gasteiger partial charge on any atom is 0.252 e. The average molecular weight is 405 g/mol. The van der Waals surface area contributed by atoms with E-state index in [-0.39, 0.29) is 11.8 Å². The SMILES string of the molecule is Cc1noc(C)c1CN1CCc2c(C(=O)NCCCC(=O)N(C)C)csc2C1. The monoisotopic (exact) mass is 404 g/mol. The van der Waals surface area contributed by atoms with Gasteiger partial charge in [-0.25, -0.2) is 0 Å². The number of nitrogens with one attached hydrogen (secondary N) is 1. The fourth-order valence-electron chi connectivity index (χ4n) is 3.42. The molecule has 1 N–H and O–H groups in total. The van der Waals surface area contributed by atoms with Gasteiger partial charge in [0.15, 0.2) is 0 Å². The van der Waals surface area contributed by atoms with Crippen LogP contribution in [0.3, 0.4) is 0 Å². The minimum absolute atomic E-state index is 0.0334. The average Bonchev–Trinajstić information content (AvgIpc) is 3.22. The van der Waals surface area contributed by atoms with E-state index in [0.29, 0.717) is 19.4 Å². The maximum absolute atomic E-state index is 12.5. The molecule has 0 saturated carbocycles. The third kappa shape index (κ3) is 4.62. The van der Waals surface area contributed by atoms with Crippen molar-refractivity contribution in [3.8, 4) is 0 Å². The highest BCUT2D eigenvalue weighted by Crippen LogP contribution is 2.30. The Morgan fingerprint density at radius 2 is 2.14 bits per heavy atom. The molecule has 0 bridgehead atoms. The van der Waals surface area contributed by atoms with E-state index >= 15 is 0 Å². The number of nitrogens with zero attached hydrogens (tertiary/aromatic N) is 3. The van der Waals surface area contributed by atoms with E-state index in [4.69, 9.17) is 4.52 Å². The Morgan fingerprint density at radius 3 is 2.82 bits per heavy atom. The van der Waals surface area contributed by atoms with E-state index in [0.717, 1.165) is 48.6 Å². The van der Waals surface area contributed by atoms with E-state index in [1.807, 2.05) is 19.2 Å². The Bertz CT molecular complexity index is 836. The molecule has 0 aromatic carbocycles. The summed E-state index contributed by atoms with van der Waals surface area (Å²) in [5.74, 6) is 0.928. The Morgan fingerprint density at radius 1 is 1.36 bits per heavy atom. The molecular weight excluding hydrogens is 376 g/mol. The third-order valence-electron chi connectivity index (χ3n) is 5.19. The van der Waals surface area contributed by atoms with Crippen LogP contribution in [0, 0.1) is 13.8 Å². The fourth-order valence-corrected chi connectivity index (χ4v) is 4.54. The van der Waals surface area contributed by atoms with Crippen molar-refractivity contribution in [2.24, 2.45) is 0 Å². The molecule has 2 amide bonds. The number of hydrogen-bond acceptors (Lipinski definition) is 6. The van der Waals surface area contributed by atoms with Crippen LogP contribution >= 0.6 is 11.3 Å². The molecular formula is C20H28N4O3S. The zero-order chi connectivity index (χ0) is 20.3. The smallest absolute Gasteiger partial charge is 0.252 e. The molecule has 3 heterocycles. The topological polar surface area (TPSA) is 78.7 Å². The summed E-state index contributed by atoms with van der Waals surface area (Å²) in [6, 6.07) is 0. The molecule has 28 heavy (non-hydrogen) atoms. The molecule has 0 radical (unpaired) electrons. The van der Waals surface area contributed by atoms with Crippen molar-refractivity contribution in [1.82, 2.24) is 20.3 Å². The van der Waals surface area contributed by atoms with Crippen LogP contribution in [0.25, 0.3) is 0 Å². The second kappa shape index (κ2) is 8.87. The number of carbonyl (C=O) groups is 2. The minimum atomic E-state index is -0.0334. The molecule has 0 saturated heterocycles. The molecule has 2 aromatic rings. The zero-order valence-electron chi connectivity index (χ0n) is 17.0. The molecule has 7 nitrogen and oxygen atoms in total. The Hall–Kier alpha value is -2.19. The van der Waals surface area contributed by atoms with Crippen LogP contribution in [-0.2, 0) is 24.3 Å².